The number of ether oxygens (including phenoxy) is 2. The summed E-state index contributed by atoms with van der Waals surface area (Å²) < 4.78 is 11.1. The number of hydrogen-bond acceptors (Lipinski definition) is 3. The first-order valence-corrected chi connectivity index (χ1v) is 7.42. The zero-order valence-corrected chi connectivity index (χ0v) is 12.2. The van der Waals surface area contributed by atoms with Crippen molar-refractivity contribution < 1.29 is 14.6 Å². The molecule has 1 N–H and O–H groups in total. The van der Waals surface area contributed by atoms with Crippen LogP contribution in [0, 0.1) is 0 Å². The molecular weight excluding hydrogens is 264 g/mol. The molecular formula is C18H20O3. The van der Waals surface area contributed by atoms with Gasteiger partial charge in [-0.3, -0.25) is 0 Å². The van der Waals surface area contributed by atoms with Crippen LogP contribution < -0.4 is 9.47 Å². The first-order chi connectivity index (χ1) is 10.3. The summed E-state index contributed by atoms with van der Waals surface area (Å²) in [5, 5.41) is 10.7. The summed E-state index contributed by atoms with van der Waals surface area (Å²) in [7, 11) is 0. The van der Waals surface area contributed by atoms with E-state index in [1.807, 2.05) is 55.5 Å². The lowest BCUT2D eigenvalue weighted by molar-refractivity contribution is 0.117. The Hall–Kier alpha value is -2.00. The predicted molar refractivity (Wildman–Crippen MR) is 81.9 cm³/mol. The van der Waals surface area contributed by atoms with E-state index in [-0.39, 0.29) is 5.92 Å². The van der Waals surface area contributed by atoms with Gasteiger partial charge in [0.15, 0.2) is 0 Å². The second kappa shape index (κ2) is 6.19. The van der Waals surface area contributed by atoms with E-state index in [2.05, 4.69) is 0 Å². The Bertz CT molecular complexity index is 592. The molecule has 2 unspecified atom stereocenters. The topological polar surface area (TPSA) is 38.7 Å². The van der Waals surface area contributed by atoms with Gasteiger partial charge in [-0.25, -0.2) is 0 Å². The first-order valence-electron chi connectivity index (χ1n) is 7.42. The molecule has 0 amide bonds. The summed E-state index contributed by atoms with van der Waals surface area (Å²) in [6, 6.07) is 15.7. The second-order valence-corrected chi connectivity index (χ2v) is 5.23. The molecule has 0 spiro atoms. The molecule has 3 rings (SSSR count). The van der Waals surface area contributed by atoms with E-state index in [1.165, 1.54) is 0 Å². The normalized spacial score (nSPS) is 18.5. The van der Waals surface area contributed by atoms with Crippen LogP contribution in [0.2, 0.25) is 0 Å². The summed E-state index contributed by atoms with van der Waals surface area (Å²) in [5.41, 5.74) is 2.00. The lowest BCUT2D eigenvalue weighted by atomic mass is 9.85. The van der Waals surface area contributed by atoms with E-state index in [4.69, 9.17) is 9.47 Å². The summed E-state index contributed by atoms with van der Waals surface area (Å²) in [6.45, 7) is 3.26. The van der Waals surface area contributed by atoms with Crippen molar-refractivity contribution in [3.63, 3.8) is 0 Å². The molecule has 0 radical (unpaired) electrons. The molecule has 21 heavy (non-hydrogen) atoms. The Morgan fingerprint density at radius 1 is 1.19 bits per heavy atom. The highest BCUT2D eigenvalue weighted by atomic mass is 16.5. The number of aliphatic hydroxyl groups is 1. The van der Waals surface area contributed by atoms with E-state index in [0.29, 0.717) is 13.2 Å². The molecule has 1 heterocycles. The molecule has 2 atom stereocenters. The Morgan fingerprint density at radius 3 is 2.71 bits per heavy atom. The molecule has 0 aromatic heterocycles. The third kappa shape index (κ3) is 2.88. The Kier molecular flexibility index (Phi) is 4.11. The summed E-state index contributed by atoms with van der Waals surface area (Å²) in [4.78, 5) is 0. The monoisotopic (exact) mass is 284 g/mol. The first kappa shape index (κ1) is 14.0. The zero-order chi connectivity index (χ0) is 14.7. The van der Waals surface area contributed by atoms with Crippen molar-refractivity contribution >= 4 is 0 Å². The number of rotatable bonds is 4. The second-order valence-electron chi connectivity index (χ2n) is 5.23. The highest BCUT2D eigenvalue weighted by Crippen LogP contribution is 2.41. The van der Waals surface area contributed by atoms with Gasteiger partial charge in [-0.1, -0.05) is 30.3 Å². The quantitative estimate of drug-likeness (QED) is 0.930. The van der Waals surface area contributed by atoms with Gasteiger partial charge < -0.3 is 14.6 Å². The van der Waals surface area contributed by atoms with Crippen LogP contribution in [0.5, 0.6) is 11.5 Å². The van der Waals surface area contributed by atoms with Crippen LogP contribution in [-0.4, -0.2) is 18.3 Å². The average molecular weight is 284 g/mol. The fourth-order valence-electron chi connectivity index (χ4n) is 2.86. The maximum absolute atomic E-state index is 10.7. The van der Waals surface area contributed by atoms with Gasteiger partial charge in [0.2, 0.25) is 0 Å². The summed E-state index contributed by atoms with van der Waals surface area (Å²) >= 11 is 0. The molecule has 0 fully saturated rings. The van der Waals surface area contributed by atoms with Gasteiger partial charge in [-0.2, -0.15) is 0 Å². The number of hydrogen-bond donors (Lipinski definition) is 1. The van der Waals surface area contributed by atoms with Gasteiger partial charge in [-0.05, 0) is 37.1 Å². The van der Waals surface area contributed by atoms with Crippen LogP contribution in [0.4, 0.5) is 0 Å². The standard InChI is InChI=1S/C18H20O3/c1-2-20-14-9-7-13(8-10-14)18(19)16-11-12-21-17-6-4-3-5-15(16)17/h3-10,16,18-19H,2,11-12H2,1H3. The van der Waals surface area contributed by atoms with Crippen molar-refractivity contribution in [1.82, 2.24) is 0 Å². The Balaban J connectivity index is 1.84. The molecule has 1 aliphatic rings. The lowest BCUT2D eigenvalue weighted by Gasteiger charge is -2.29. The molecule has 2 aromatic rings. The van der Waals surface area contributed by atoms with Crippen molar-refractivity contribution in [1.29, 1.82) is 0 Å². The average Bonchev–Trinajstić information content (AvgIpc) is 2.55. The van der Waals surface area contributed by atoms with Gasteiger partial charge in [0, 0.05) is 11.5 Å². The minimum Gasteiger partial charge on any atom is -0.494 e. The maximum Gasteiger partial charge on any atom is 0.122 e. The molecule has 3 nitrogen and oxygen atoms in total. The van der Waals surface area contributed by atoms with Crippen molar-refractivity contribution in [2.75, 3.05) is 13.2 Å². The van der Waals surface area contributed by atoms with Gasteiger partial charge >= 0.3 is 0 Å². The maximum atomic E-state index is 10.7. The van der Waals surface area contributed by atoms with E-state index in [0.717, 1.165) is 29.0 Å². The van der Waals surface area contributed by atoms with Crippen LogP contribution in [-0.2, 0) is 0 Å². The predicted octanol–water partition coefficient (Wildman–Crippen LogP) is 3.69. The Morgan fingerprint density at radius 2 is 1.95 bits per heavy atom. The largest absolute Gasteiger partial charge is 0.494 e. The van der Waals surface area contributed by atoms with Crippen molar-refractivity contribution in [2.45, 2.75) is 25.4 Å². The van der Waals surface area contributed by atoms with Gasteiger partial charge in [0.1, 0.15) is 11.5 Å². The van der Waals surface area contributed by atoms with Crippen LogP contribution in [0.15, 0.2) is 48.5 Å². The van der Waals surface area contributed by atoms with Gasteiger partial charge in [0.25, 0.3) is 0 Å². The Labute approximate surface area is 125 Å². The third-order valence-electron chi connectivity index (χ3n) is 3.92. The van der Waals surface area contributed by atoms with Crippen LogP contribution >= 0.6 is 0 Å². The molecule has 0 bridgehead atoms. The minimum absolute atomic E-state index is 0.0768. The summed E-state index contributed by atoms with van der Waals surface area (Å²) in [5.74, 6) is 1.80. The molecule has 0 aliphatic carbocycles. The van der Waals surface area contributed by atoms with Crippen molar-refractivity contribution in [3.8, 4) is 11.5 Å². The van der Waals surface area contributed by atoms with Crippen LogP contribution in [0.25, 0.3) is 0 Å². The molecule has 110 valence electrons. The van der Waals surface area contributed by atoms with Gasteiger partial charge in [-0.15, -0.1) is 0 Å². The van der Waals surface area contributed by atoms with E-state index >= 15 is 0 Å². The third-order valence-corrected chi connectivity index (χ3v) is 3.92. The van der Waals surface area contributed by atoms with Crippen LogP contribution in [0.1, 0.15) is 36.5 Å². The fraction of sp³-hybridized carbons (Fsp3) is 0.333. The number of para-hydroxylation sites is 1. The van der Waals surface area contributed by atoms with E-state index < -0.39 is 6.10 Å². The SMILES string of the molecule is CCOc1ccc(C(O)C2CCOc3ccccc32)cc1. The molecule has 1 aliphatic heterocycles. The summed E-state index contributed by atoms with van der Waals surface area (Å²) in [6.07, 6.45) is 0.302. The molecule has 3 heteroatoms. The van der Waals surface area contributed by atoms with E-state index in [9.17, 15) is 5.11 Å². The minimum atomic E-state index is -0.522. The molecule has 0 saturated heterocycles. The number of aliphatic hydroxyl groups excluding tert-OH is 1. The van der Waals surface area contributed by atoms with Crippen molar-refractivity contribution in [2.24, 2.45) is 0 Å². The fourth-order valence-corrected chi connectivity index (χ4v) is 2.86. The smallest absolute Gasteiger partial charge is 0.122 e. The highest BCUT2D eigenvalue weighted by molar-refractivity contribution is 5.40. The lowest BCUT2D eigenvalue weighted by Crippen LogP contribution is -2.20. The zero-order valence-electron chi connectivity index (χ0n) is 12.2. The van der Waals surface area contributed by atoms with Crippen LogP contribution in [0.3, 0.4) is 0 Å². The number of benzene rings is 2. The van der Waals surface area contributed by atoms with E-state index in [1.54, 1.807) is 0 Å². The van der Waals surface area contributed by atoms with Gasteiger partial charge in [0.05, 0.1) is 19.3 Å². The highest BCUT2D eigenvalue weighted by Gasteiger charge is 2.28. The molecule has 2 aromatic carbocycles. The number of fused-ring (bicyclic) bond motifs is 1. The van der Waals surface area contributed by atoms with Crippen molar-refractivity contribution in [3.05, 3.63) is 59.7 Å². The molecule has 0 saturated carbocycles.